The van der Waals surface area contributed by atoms with E-state index >= 15 is 0 Å². The average molecular weight is 812 g/mol. The predicted molar refractivity (Wildman–Crippen MR) is 191 cm³/mol. The van der Waals surface area contributed by atoms with Gasteiger partial charge in [-0.2, -0.15) is 0 Å². The maximum atomic E-state index is 13.1. The third-order valence-corrected chi connectivity index (χ3v) is 11.0. The molecule has 5 aromatic rings. The number of aliphatic hydroxyl groups excluding tert-OH is 1. The number of rotatable bonds is 13. The van der Waals surface area contributed by atoms with E-state index in [1.165, 1.54) is 0 Å². The van der Waals surface area contributed by atoms with Crippen LogP contribution in [0, 0.1) is 0 Å². The first-order chi connectivity index (χ1) is 23.6. The second-order valence-electron chi connectivity index (χ2n) is 10.2. The summed E-state index contributed by atoms with van der Waals surface area (Å²) >= 11 is -0.106. The molecule has 0 radical (unpaired) electrons. The van der Waals surface area contributed by atoms with Crippen molar-refractivity contribution in [2.24, 2.45) is 0 Å². The summed E-state index contributed by atoms with van der Waals surface area (Å²) in [6, 6.07) is 49.3. The second-order valence-corrected chi connectivity index (χ2v) is 16.3. The molecule has 0 amide bonds. The van der Waals surface area contributed by atoms with E-state index in [0.717, 1.165) is 26.8 Å². The van der Waals surface area contributed by atoms with Crippen LogP contribution in [0.5, 0.6) is 0 Å². The van der Waals surface area contributed by atoms with Crippen molar-refractivity contribution in [2.45, 2.75) is 18.8 Å². The number of esters is 1. The van der Waals surface area contributed by atoms with Crippen molar-refractivity contribution in [1.82, 2.24) is 0 Å². The van der Waals surface area contributed by atoms with E-state index in [9.17, 15) is 9.90 Å². The van der Waals surface area contributed by atoms with Crippen LogP contribution < -0.4 is 21.2 Å². The Labute approximate surface area is 299 Å². The van der Waals surface area contributed by atoms with E-state index in [2.05, 4.69) is 0 Å². The predicted octanol–water partition coefficient (Wildman–Crippen LogP) is 7.77. The molecule has 1 N–H and O–H groups in total. The molecule has 0 spiro atoms. The molecule has 48 heavy (non-hydrogen) atoms. The molecule has 11 heteroatoms. The number of halogens is 2. The molecule has 0 fully saturated rings. The van der Waals surface area contributed by atoms with Crippen LogP contribution in [0.2, 0.25) is 0 Å². The van der Waals surface area contributed by atoms with Crippen molar-refractivity contribution in [1.29, 1.82) is 0 Å². The molecule has 0 aliphatic carbocycles. The Morgan fingerprint density at radius 2 is 1.06 bits per heavy atom. The third-order valence-electron chi connectivity index (χ3n) is 7.06. The van der Waals surface area contributed by atoms with Crippen LogP contribution in [0.15, 0.2) is 163 Å². The number of cyclic esters (lactones) is 1. The van der Waals surface area contributed by atoms with Crippen molar-refractivity contribution >= 4 is 62.5 Å². The van der Waals surface area contributed by atoms with Crippen LogP contribution in [-0.2, 0) is 45.9 Å². The van der Waals surface area contributed by atoms with E-state index in [1.807, 2.05) is 152 Å². The summed E-state index contributed by atoms with van der Waals surface area (Å²) in [6.45, 7) is 0.153. The van der Waals surface area contributed by atoms with E-state index < -0.39 is 34.5 Å². The zero-order valence-corrected chi connectivity index (χ0v) is 30.3. The molecule has 6 rings (SSSR count). The number of ether oxygens (including phenoxy) is 2. The van der Waals surface area contributed by atoms with Gasteiger partial charge in [-0.3, -0.25) is 0 Å². The maximum absolute atomic E-state index is 13.1. The van der Waals surface area contributed by atoms with Crippen molar-refractivity contribution in [2.75, 3.05) is 6.61 Å². The fourth-order valence-electron chi connectivity index (χ4n) is 4.85. The molecule has 6 nitrogen and oxygen atoms in total. The standard InChI is InChI=1S/C37H32O6P2.2ClH.Pd/c38-34-35(42-37(39)36(34)40-26-28-16-6-1-7-17-28)33(43-45(31-22-12-4-13-23-31)32-24-14-5-15-25-32)27-41-44(29-18-8-2-9-19-29)30-20-10-3-11-21-30;;;/h1-25,33,35,38H,26-27H2;2*1H;/q;;;+2/p-2/t33-,35+;;;/m0.../s1. The Kier molecular flexibility index (Phi) is 14.5. The number of hydrogen-bond donors (Lipinski definition) is 1. The van der Waals surface area contributed by atoms with Gasteiger partial charge in [-0.05, 0) is 5.56 Å². The molecule has 0 saturated carbocycles. The van der Waals surface area contributed by atoms with Crippen molar-refractivity contribution < 1.29 is 44.4 Å². The van der Waals surface area contributed by atoms with Gasteiger partial charge in [-0.15, -0.1) is 0 Å². The van der Waals surface area contributed by atoms with Crippen LogP contribution in [0.25, 0.3) is 0 Å². The van der Waals surface area contributed by atoms with Gasteiger partial charge in [0.25, 0.3) is 0 Å². The SMILES string of the molecule is O=C1O[C@H]([C@H](COP(c2ccccc2)c2ccccc2)OP(c2ccccc2)c2ccccc2)C(O)=C1OCc1ccccc1.[Cl][Pd][Cl]. The number of aliphatic hydroxyl groups is 1. The molecule has 0 unspecified atom stereocenters. The zero-order chi connectivity index (χ0) is 33.6. The summed E-state index contributed by atoms with van der Waals surface area (Å²) in [5, 5.41) is 15.4. The number of hydrogen-bond acceptors (Lipinski definition) is 6. The molecular formula is C37H32Cl2O6P2Pd. The Morgan fingerprint density at radius 1 is 0.667 bits per heavy atom. The topological polar surface area (TPSA) is 74.2 Å². The first-order valence-corrected chi connectivity index (χ1v) is 21.3. The number of carbonyl (C=O) groups is 1. The molecule has 1 heterocycles. The van der Waals surface area contributed by atoms with Crippen LogP contribution >= 0.6 is 35.4 Å². The second kappa shape index (κ2) is 19.2. The molecule has 0 bridgehead atoms. The molecule has 1 aliphatic rings. The summed E-state index contributed by atoms with van der Waals surface area (Å²) in [4.78, 5) is 13.1. The normalized spacial score (nSPS) is 14.8. The van der Waals surface area contributed by atoms with Crippen molar-refractivity contribution in [3.8, 4) is 0 Å². The monoisotopic (exact) mass is 810 g/mol. The van der Waals surface area contributed by atoms with Gasteiger partial charge in [-0.25, -0.2) is 4.79 Å². The zero-order valence-electron chi connectivity index (χ0n) is 25.5. The Bertz CT molecular complexity index is 1640. The summed E-state index contributed by atoms with van der Waals surface area (Å²) in [6.07, 6.45) is -1.97. The fourth-order valence-corrected chi connectivity index (χ4v) is 8.50. The van der Waals surface area contributed by atoms with Gasteiger partial charge in [0.1, 0.15) is 12.7 Å². The number of benzene rings is 5. The van der Waals surface area contributed by atoms with Gasteiger partial charge in [0.05, 0.1) is 22.9 Å². The van der Waals surface area contributed by atoms with E-state index in [1.54, 1.807) is 0 Å². The summed E-state index contributed by atoms with van der Waals surface area (Å²) < 4.78 is 25.2. The Morgan fingerprint density at radius 3 is 1.50 bits per heavy atom. The molecule has 0 saturated heterocycles. The van der Waals surface area contributed by atoms with Gasteiger partial charge in [0, 0.05) is 21.2 Å². The van der Waals surface area contributed by atoms with Gasteiger partial charge < -0.3 is 23.6 Å². The Balaban J connectivity index is 0.00000145. The van der Waals surface area contributed by atoms with Crippen molar-refractivity contribution in [3.63, 3.8) is 0 Å². The molecular weight excluding hydrogens is 780 g/mol. The average Bonchev–Trinajstić information content (AvgIpc) is 3.43. The summed E-state index contributed by atoms with van der Waals surface area (Å²) in [5.74, 6) is -1.25. The van der Waals surface area contributed by atoms with E-state index in [0.29, 0.717) is 0 Å². The van der Waals surface area contributed by atoms with E-state index in [-0.39, 0.29) is 40.7 Å². The first kappa shape index (κ1) is 36.2. The summed E-state index contributed by atoms with van der Waals surface area (Å²) in [7, 11) is 7.00. The van der Waals surface area contributed by atoms with Crippen molar-refractivity contribution in [3.05, 3.63) is 169 Å². The quantitative estimate of drug-likeness (QED) is 0.0745. The third kappa shape index (κ3) is 9.99. The number of carbonyl (C=O) groups excluding carboxylic acids is 1. The minimum atomic E-state index is -1.38. The van der Waals surface area contributed by atoms with E-state index in [4.69, 9.17) is 37.6 Å². The van der Waals surface area contributed by atoms with Gasteiger partial charge in [-0.1, -0.05) is 152 Å². The first-order valence-electron chi connectivity index (χ1n) is 14.8. The minimum absolute atomic E-state index is 0.0436. The Hall–Kier alpha value is -3.07. The molecule has 250 valence electrons. The van der Waals surface area contributed by atoms with Gasteiger partial charge in [0.2, 0.25) is 5.76 Å². The molecule has 5 aromatic carbocycles. The van der Waals surface area contributed by atoms with Gasteiger partial charge >= 0.3 is 41.0 Å². The van der Waals surface area contributed by atoms with Crippen LogP contribution in [0.1, 0.15) is 5.56 Å². The molecule has 2 atom stereocenters. The molecule has 1 aliphatic heterocycles. The van der Waals surface area contributed by atoms with Crippen LogP contribution in [-0.4, -0.2) is 29.9 Å². The van der Waals surface area contributed by atoms with Gasteiger partial charge in [0.15, 0.2) is 11.9 Å². The fraction of sp³-hybridized carbons (Fsp3) is 0.108. The molecule has 0 aromatic heterocycles. The van der Waals surface area contributed by atoms with Crippen LogP contribution in [0.4, 0.5) is 0 Å². The summed E-state index contributed by atoms with van der Waals surface area (Å²) in [5.41, 5.74) is 0.859. The van der Waals surface area contributed by atoms with Crippen LogP contribution in [0.3, 0.4) is 0 Å².